The van der Waals surface area contributed by atoms with E-state index in [2.05, 4.69) is 29.3 Å². The molecule has 1 N–H and O–H groups in total. The third kappa shape index (κ3) is 3.13. The van der Waals surface area contributed by atoms with Gasteiger partial charge < -0.3 is 15.0 Å². The zero-order valence-electron chi connectivity index (χ0n) is 10.8. The van der Waals surface area contributed by atoms with Crippen LogP contribution >= 0.6 is 0 Å². The summed E-state index contributed by atoms with van der Waals surface area (Å²) in [6.07, 6.45) is 1.19. The molecule has 0 amide bonds. The Labute approximate surface area is 104 Å². The van der Waals surface area contributed by atoms with Crippen LogP contribution in [0.1, 0.15) is 13.3 Å². The van der Waals surface area contributed by atoms with Gasteiger partial charge in [0, 0.05) is 13.1 Å². The number of hydrogen-bond donors (Lipinski definition) is 1. The zero-order chi connectivity index (χ0) is 12.1. The van der Waals surface area contributed by atoms with Crippen LogP contribution in [0.5, 0.6) is 5.75 Å². The third-order valence-electron chi connectivity index (χ3n) is 3.23. The second-order valence-electron chi connectivity index (χ2n) is 4.78. The number of nitrogens with one attached hydrogen (secondary N) is 1. The molecule has 3 nitrogen and oxygen atoms in total. The van der Waals surface area contributed by atoms with Crippen LogP contribution in [0.25, 0.3) is 0 Å². The first-order chi connectivity index (χ1) is 8.31. The molecule has 1 aromatic rings. The van der Waals surface area contributed by atoms with Gasteiger partial charge >= 0.3 is 0 Å². The van der Waals surface area contributed by atoms with Crippen LogP contribution < -0.4 is 15.0 Å². The van der Waals surface area contributed by atoms with E-state index in [0.717, 1.165) is 31.9 Å². The summed E-state index contributed by atoms with van der Waals surface area (Å²) in [5.74, 6) is 1.65. The first-order valence-electron chi connectivity index (χ1n) is 6.40. The Hall–Kier alpha value is -1.22. The quantitative estimate of drug-likeness (QED) is 0.848. The number of nitrogens with zero attached hydrogens (tertiary/aromatic N) is 1. The molecule has 0 aromatic heterocycles. The fourth-order valence-electron chi connectivity index (χ4n) is 2.39. The molecule has 1 aromatic carbocycles. The summed E-state index contributed by atoms with van der Waals surface area (Å²) in [6, 6.07) is 8.30. The third-order valence-corrected chi connectivity index (χ3v) is 3.23. The van der Waals surface area contributed by atoms with Gasteiger partial charge in [-0.05, 0) is 37.6 Å². The second-order valence-corrected chi connectivity index (χ2v) is 4.78. The summed E-state index contributed by atoms with van der Waals surface area (Å²) in [5.41, 5.74) is 1.23. The summed E-state index contributed by atoms with van der Waals surface area (Å²) in [6.45, 7) is 6.69. The van der Waals surface area contributed by atoms with Crippen molar-refractivity contribution in [3.8, 4) is 5.75 Å². The fraction of sp³-hybridized carbons (Fsp3) is 0.571. The summed E-state index contributed by atoms with van der Waals surface area (Å²) in [5, 5.41) is 3.48. The lowest BCUT2D eigenvalue weighted by atomic mass is 10.1. The highest BCUT2D eigenvalue weighted by Gasteiger charge is 2.16. The zero-order valence-corrected chi connectivity index (χ0v) is 10.8. The number of para-hydroxylation sites is 2. The van der Waals surface area contributed by atoms with Gasteiger partial charge in [0.15, 0.2) is 0 Å². The molecule has 0 spiro atoms. The number of benzene rings is 1. The number of ether oxygens (including phenoxy) is 1. The van der Waals surface area contributed by atoms with Gasteiger partial charge in [-0.1, -0.05) is 19.1 Å². The molecular weight excluding hydrogens is 212 g/mol. The number of anilines is 1. The predicted molar refractivity (Wildman–Crippen MR) is 71.9 cm³/mol. The van der Waals surface area contributed by atoms with Gasteiger partial charge in [-0.15, -0.1) is 0 Å². The average Bonchev–Trinajstić information content (AvgIpc) is 2.33. The van der Waals surface area contributed by atoms with Crippen LogP contribution in [0.3, 0.4) is 0 Å². The van der Waals surface area contributed by atoms with Gasteiger partial charge in [-0.2, -0.15) is 0 Å². The number of methoxy groups -OCH3 is 1. The molecule has 1 fully saturated rings. The van der Waals surface area contributed by atoms with E-state index in [1.165, 1.54) is 12.1 Å². The van der Waals surface area contributed by atoms with Crippen LogP contribution in [-0.2, 0) is 0 Å². The molecule has 94 valence electrons. The highest BCUT2D eigenvalue weighted by atomic mass is 16.5. The van der Waals surface area contributed by atoms with Crippen molar-refractivity contribution in [2.24, 2.45) is 5.92 Å². The summed E-state index contributed by atoms with van der Waals surface area (Å²) < 4.78 is 5.45. The maximum atomic E-state index is 5.45. The molecule has 2 rings (SSSR count). The lowest BCUT2D eigenvalue weighted by Crippen LogP contribution is -2.38. The van der Waals surface area contributed by atoms with E-state index in [-0.39, 0.29) is 0 Å². The molecule has 1 saturated heterocycles. The van der Waals surface area contributed by atoms with Gasteiger partial charge in [0.25, 0.3) is 0 Å². The minimum atomic E-state index is 0.667. The van der Waals surface area contributed by atoms with Crippen molar-refractivity contribution in [2.75, 3.05) is 38.2 Å². The van der Waals surface area contributed by atoms with Crippen molar-refractivity contribution >= 4 is 5.69 Å². The van der Waals surface area contributed by atoms with Crippen LogP contribution in [0.15, 0.2) is 24.3 Å². The predicted octanol–water partition coefficient (Wildman–Crippen LogP) is 2.13. The largest absolute Gasteiger partial charge is 0.495 e. The lowest BCUT2D eigenvalue weighted by molar-refractivity contribution is 0.409. The van der Waals surface area contributed by atoms with E-state index in [9.17, 15) is 0 Å². The molecule has 1 aliphatic rings. The molecule has 1 heterocycles. The molecule has 1 aliphatic heterocycles. The molecule has 0 bridgehead atoms. The summed E-state index contributed by atoms with van der Waals surface area (Å²) in [4.78, 5) is 2.45. The van der Waals surface area contributed by atoms with Crippen molar-refractivity contribution in [1.29, 1.82) is 0 Å². The average molecular weight is 234 g/mol. The molecular formula is C14H22N2O. The van der Waals surface area contributed by atoms with Gasteiger partial charge in [-0.25, -0.2) is 0 Å². The molecule has 1 atom stereocenters. The van der Waals surface area contributed by atoms with Crippen molar-refractivity contribution in [3.05, 3.63) is 24.3 Å². The highest BCUT2D eigenvalue weighted by molar-refractivity contribution is 5.58. The van der Waals surface area contributed by atoms with Gasteiger partial charge in [0.05, 0.1) is 12.8 Å². The molecule has 3 heteroatoms. The van der Waals surface area contributed by atoms with Crippen molar-refractivity contribution in [1.82, 2.24) is 5.32 Å². The second kappa shape index (κ2) is 5.92. The van der Waals surface area contributed by atoms with Crippen LogP contribution in [0.4, 0.5) is 5.69 Å². The first kappa shape index (κ1) is 12.2. The van der Waals surface area contributed by atoms with Crippen LogP contribution in [-0.4, -0.2) is 33.3 Å². The Morgan fingerprint density at radius 1 is 1.35 bits per heavy atom. The van der Waals surface area contributed by atoms with Crippen molar-refractivity contribution in [2.45, 2.75) is 13.3 Å². The molecule has 0 saturated carbocycles. The van der Waals surface area contributed by atoms with Gasteiger partial charge in [0.2, 0.25) is 0 Å². The maximum absolute atomic E-state index is 5.45. The first-order valence-corrected chi connectivity index (χ1v) is 6.40. The molecule has 0 aliphatic carbocycles. The number of hydrogen-bond acceptors (Lipinski definition) is 3. The minimum Gasteiger partial charge on any atom is -0.495 e. The fourth-order valence-corrected chi connectivity index (χ4v) is 2.39. The smallest absolute Gasteiger partial charge is 0.142 e. The Kier molecular flexibility index (Phi) is 4.26. The summed E-state index contributed by atoms with van der Waals surface area (Å²) >= 11 is 0. The summed E-state index contributed by atoms with van der Waals surface area (Å²) in [7, 11) is 1.74. The maximum Gasteiger partial charge on any atom is 0.142 e. The Bertz CT molecular complexity index is 354. The highest BCUT2D eigenvalue weighted by Crippen LogP contribution is 2.28. The Balaban J connectivity index is 2.17. The van der Waals surface area contributed by atoms with Crippen LogP contribution in [0.2, 0.25) is 0 Å². The van der Waals surface area contributed by atoms with E-state index in [0.29, 0.717) is 5.92 Å². The standard InChI is InChI=1S/C14H22N2O/c1-12-10-15-8-5-9-16(11-12)13-6-3-4-7-14(13)17-2/h3-4,6-7,12,15H,5,8-11H2,1-2H3. The lowest BCUT2D eigenvalue weighted by Gasteiger charge is -2.31. The Morgan fingerprint density at radius 3 is 3.00 bits per heavy atom. The van der Waals surface area contributed by atoms with Crippen molar-refractivity contribution in [3.63, 3.8) is 0 Å². The topological polar surface area (TPSA) is 24.5 Å². The number of rotatable bonds is 2. The van der Waals surface area contributed by atoms with E-state index in [1.54, 1.807) is 7.11 Å². The van der Waals surface area contributed by atoms with E-state index in [4.69, 9.17) is 4.74 Å². The SMILES string of the molecule is COc1ccccc1N1CCCNCC(C)C1. The van der Waals surface area contributed by atoms with Crippen LogP contribution in [0, 0.1) is 5.92 Å². The Morgan fingerprint density at radius 2 is 2.18 bits per heavy atom. The minimum absolute atomic E-state index is 0.667. The molecule has 0 radical (unpaired) electrons. The van der Waals surface area contributed by atoms with E-state index >= 15 is 0 Å². The monoisotopic (exact) mass is 234 g/mol. The van der Waals surface area contributed by atoms with Gasteiger partial charge in [0.1, 0.15) is 5.75 Å². The normalized spacial score (nSPS) is 21.8. The van der Waals surface area contributed by atoms with E-state index < -0.39 is 0 Å². The molecule has 1 unspecified atom stereocenters. The van der Waals surface area contributed by atoms with Crippen molar-refractivity contribution < 1.29 is 4.74 Å². The van der Waals surface area contributed by atoms with E-state index in [1.807, 2.05) is 12.1 Å². The molecule has 17 heavy (non-hydrogen) atoms. The van der Waals surface area contributed by atoms with Gasteiger partial charge in [-0.3, -0.25) is 0 Å².